The van der Waals surface area contributed by atoms with Gasteiger partial charge in [0.15, 0.2) is 5.41 Å². The molecule has 148 valence electrons. The van der Waals surface area contributed by atoms with Crippen molar-refractivity contribution >= 4 is 29.2 Å². The summed E-state index contributed by atoms with van der Waals surface area (Å²) in [7, 11) is 0. The second kappa shape index (κ2) is 6.55. The first kappa shape index (κ1) is 18.4. The van der Waals surface area contributed by atoms with E-state index in [1.807, 2.05) is 11.8 Å². The summed E-state index contributed by atoms with van der Waals surface area (Å²) in [6.45, 7) is 3.04. The molecular formula is C18H20N4O6. The molecule has 4 amide bonds. The van der Waals surface area contributed by atoms with Gasteiger partial charge < -0.3 is 9.64 Å². The predicted octanol–water partition coefficient (Wildman–Crippen LogP) is 0.831. The number of morpholine rings is 1. The first-order valence-electron chi connectivity index (χ1n) is 9.19. The number of nitro groups is 1. The molecule has 2 atom stereocenters. The lowest BCUT2D eigenvalue weighted by atomic mass is 9.68. The molecule has 0 aliphatic carbocycles. The summed E-state index contributed by atoms with van der Waals surface area (Å²) in [6, 6.07) is 3.16. The van der Waals surface area contributed by atoms with Gasteiger partial charge in [-0.1, -0.05) is 6.92 Å². The van der Waals surface area contributed by atoms with Crippen LogP contribution in [0.5, 0.6) is 0 Å². The number of carbonyl (C=O) groups excluding carboxylic acids is 3. The van der Waals surface area contributed by atoms with Crippen LogP contribution < -0.4 is 10.2 Å². The molecule has 0 aromatic heterocycles. The number of imide groups is 2. The molecule has 4 rings (SSSR count). The lowest BCUT2D eigenvalue weighted by molar-refractivity contribution is -0.384. The lowest BCUT2D eigenvalue weighted by Gasteiger charge is -2.53. The van der Waals surface area contributed by atoms with Crippen molar-refractivity contribution in [1.82, 2.24) is 10.2 Å². The van der Waals surface area contributed by atoms with E-state index in [-0.39, 0.29) is 25.3 Å². The Kier molecular flexibility index (Phi) is 4.30. The summed E-state index contributed by atoms with van der Waals surface area (Å²) in [5.74, 6) is -1.24. The maximum absolute atomic E-state index is 13.4. The zero-order valence-electron chi connectivity index (χ0n) is 15.3. The fourth-order valence-electron chi connectivity index (χ4n) is 4.41. The van der Waals surface area contributed by atoms with Crippen LogP contribution in [0.3, 0.4) is 0 Å². The minimum absolute atomic E-state index is 0.0211. The third-order valence-electron chi connectivity index (χ3n) is 5.69. The number of urea groups is 1. The molecule has 2 fully saturated rings. The average Bonchev–Trinajstić information content (AvgIpc) is 2.69. The van der Waals surface area contributed by atoms with E-state index in [4.69, 9.17) is 4.74 Å². The molecule has 0 radical (unpaired) electrons. The predicted molar refractivity (Wildman–Crippen MR) is 96.7 cm³/mol. The highest BCUT2D eigenvalue weighted by Gasteiger charge is 2.62. The molecule has 3 aliphatic heterocycles. The Balaban J connectivity index is 1.87. The van der Waals surface area contributed by atoms with E-state index in [1.165, 1.54) is 12.1 Å². The van der Waals surface area contributed by atoms with E-state index in [0.717, 1.165) is 10.6 Å². The molecule has 3 heterocycles. The van der Waals surface area contributed by atoms with Crippen LogP contribution in [0.4, 0.5) is 16.2 Å². The Morgan fingerprint density at radius 3 is 2.86 bits per heavy atom. The number of benzene rings is 1. The Hall–Kier alpha value is -3.01. The van der Waals surface area contributed by atoms with E-state index >= 15 is 0 Å². The van der Waals surface area contributed by atoms with Gasteiger partial charge in [-0.05, 0) is 18.1 Å². The van der Waals surface area contributed by atoms with Crippen LogP contribution in [-0.4, -0.2) is 60.0 Å². The number of barbiturate groups is 1. The van der Waals surface area contributed by atoms with E-state index < -0.39 is 34.2 Å². The molecule has 0 unspecified atom stereocenters. The van der Waals surface area contributed by atoms with Gasteiger partial charge in [-0.25, -0.2) is 4.79 Å². The Labute approximate surface area is 160 Å². The first-order chi connectivity index (χ1) is 13.4. The maximum atomic E-state index is 13.4. The molecule has 3 aliphatic rings. The van der Waals surface area contributed by atoms with Crippen molar-refractivity contribution in [3.8, 4) is 0 Å². The van der Waals surface area contributed by atoms with Crippen LogP contribution in [-0.2, 0) is 20.7 Å². The van der Waals surface area contributed by atoms with E-state index in [1.54, 1.807) is 6.07 Å². The Bertz CT molecular complexity index is 887. The van der Waals surface area contributed by atoms with Gasteiger partial charge in [-0.15, -0.1) is 0 Å². The zero-order chi connectivity index (χ0) is 20.1. The number of carbonyl (C=O) groups is 3. The summed E-state index contributed by atoms with van der Waals surface area (Å²) in [5, 5.41) is 13.5. The Morgan fingerprint density at radius 1 is 1.36 bits per heavy atom. The molecule has 1 N–H and O–H groups in total. The minimum Gasteiger partial charge on any atom is -0.377 e. The molecule has 1 aromatic carbocycles. The molecule has 10 heteroatoms. The van der Waals surface area contributed by atoms with E-state index in [0.29, 0.717) is 25.1 Å². The second-order valence-electron chi connectivity index (χ2n) is 7.22. The molecule has 2 saturated heterocycles. The van der Waals surface area contributed by atoms with Crippen LogP contribution in [0.15, 0.2) is 18.2 Å². The normalized spacial score (nSPS) is 26.8. The molecule has 0 bridgehead atoms. The summed E-state index contributed by atoms with van der Waals surface area (Å²) >= 11 is 0. The van der Waals surface area contributed by atoms with Crippen molar-refractivity contribution in [3.63, 3.8) is 0 Å². The van der Waals surface area contributed by atoms with Crippen LogP contribution in [0.2, 0.25) is 0 Å². The molecule has 0 saturated carbocycles. The van der Waals surface area contributed by atoms with Crippen LogP contribution in [0.25, 0.3) is 0 Å². The number of nitro benzene ring substituents is 1. The van der Waals surface area contributed by atoms with Gasteiger partial charge in [0.25, 0.3) is 5.69 Å². The highest BCUT2D eigenvalue weighted by molar-refractivity contribution is 6.20. The minimum atomic E-state index is -1.56. The summed E-state index contributed by atoms with van der Waals surface area (Å²) < 4.78 is 5.58. The number of non-ortho nitro benzene ring substituents is 1. The van der Waals surface area contributed by atoms with Crippen molar-refractivity contribution in [2.45, 2.75) is 25.8 Å². The number of nitrogens with one attached hydrogen (secondary N) is 1. The van der Waals surface area contributed by atoms with E-state index in [9.17, 15) is 24.5 Å². The number of hydrogen-bond acceptors (Lipinski definition) is 7. The van der Waals surface area contributed by atoms with Crippen molar-refractivity contribution < 1.29 is 24.0 Å². The van der Waals surface area contributed by atoms with Gasteiger partial charge in [0.05, 0.1) is 24.2 Å². The smallest absolute Gasteiger partial charge is 0.330 e. The van der Waals surface area contributed by atoms with Gasteiger partial charge in [-0.3, -0.25) is 29.9 Å². The first-order valence-corrected chi connectivity index (χ1v) is 9.19. The molecule has 1 aromatic rings. The van der Waals surface area contributed by atoms with Gasteiger partial charge in [0.1, 0.15) is 0 Å². The van der Waals surface area contributed by atoms with Crippen molar-refractivity contribution in [2.24, 2.45) is 5.41 Å². The van der Waals surface area contributed by atoms with Crippen molar-refractivity contribution in [3.05, 3.63) is 33.9 Å². The third kappa shape index (κ3) is 2.48. The maximum Gasteiger partial charge on any atom is 0.330 e. The summed E-state index contributed by atoms with van der Waals surface area (Å²) in [6.07, 6.45) is 0.531. The topological polar surface area (TPSA) is 122 Å². The number of hydrogen-bond donors (Lipinski definition) is 1. The summed E-state index contributed by atoms with van der Waals surface area (Å²) in [5.41, 5.74) is -0.373. The largest absolute Gasteiger partial charge is 0.377 e. The SMILES string of the molecule is CCCN1C(=O)NC(=O)[C@]2(Cc3cc([N+](=O)[O-])ccc3N3CCOC[C@@H]32)C1=O. The van der Waals surface area contributed by atoms with Crippen molar-refractivity contribution in [1.29, 1.82) is 0 Å². The van der Waals surface area contributed by atoms with Gasteiger partial charge in [-0.2, -0.15) is 0 Å². The van der Waals surface area contributed by atoms with Gasteiger partial charge >= 0.3 is 6.03 Å². The van der Waals surface area contributed by atoms with Crippen LogP contribution in [0, 0.1) is 15.5 Å². The quantitative estimate of drug-likeness (QED) is 0.462. The Morgan fingerprint density at radius 2 is 2.14 bits per heavy atom. The molecule has 28 heavy (non-hydrogen) atoms. The lowest BCUT2D eigenvalue weighted by Crippen LogP contribution is -2.73. The highest BCUT2D eigenvalue weighted by atomic mass is 16.6. The standard InChI is InChI=1S/C18H20N4O6/c1-2-5-21-16(24)18(15(23)19-17(21)25)9-11-8-12(22(26)27)3-4-13(11)20-6-7-28-10-14(18)20/h3-4,8,14H,2,5-7,9-10H2,1H3,(H,19,23,25)/t14-,18-/m1/s1. The molecule has 1 spiro atoms. The van der Waals surface area contributed by atoms with Gasteiger partial charge in [0.2, 0.25) is 11.8 Å². The highest BCUT2D eigenvalue weighted by Crippen LogP contribution is 2.46. The van der Waals surface area contributed by atoms with E-state index in [2.05, 4.69) is 5.32 Å². The fourth-order valence-corrected chi connectivity index (χ4v) is 4.41. The number of amides is 4. The molecular weight excluding hydrogens is 368 g/mol. The monoisotopic (exact) mass is 388 g/mol. The third-order valence-corrected chi connectivity index (χ3v) is 5.69. The number of anilines is 1. The van der Waals surface area contributed by atoms with Crippen LogP contribution >= 0.6 is 0 Å². The number of rotatable bonds is 3. The summed E-state index contributed by atoms with van der Waals surface area (Å²) in [4.78, 5) is 52.4. The number of fused-ring (bicyclic) bond motifs is 4. The molecule has 10 nitrogen and oxygen atoms in total. The fraction of sp³-hybridized carbons (Fsp3) is 0.500. The number of ether oxygens (including phenoxy) is 1. The van der Waals surface area contributed by atoms with Gasteiger partial charge in [0, 0.05) is 37.3 Å². The second-order valence-corrected chi connectivity index (χ2v) is 7.22. The average molecular weight is 388 g/mol. The number of nitrogens with zero attached hydrogens (tertiary/aromatic N) is 3. The van der Waals surface area contributed by atoms with Crippen molar-refractivity contribution in [2.75, 3.05) is 31.2 Å². The zero-order valence-corrected chi connectivity index (χ0v) is 15.3. The van der Waals surface area contributed by atoms with Crippen LogP contribution in [0.1, 0.15) is 18.9 Å².